The Morgan fingerprint density at radius 1 is 1.13 bits per heavy atom. The molecule has 6 heteroatoms. The second-order valence-corrected chi connectivity index (χ2v) is 7.96. The van der Waals surface area contributed by atoms with Gasteiger partial charge in [0.25, 0.3) is 0 Å². The van der Waals surface area contributed by atoms with Crippen LogP contribution in [0, 0.1) is 5.92 Å². The molecule has 6 nitrogen and oxygen atoms in total. The summed E-state index contributed by atoms with van der Waals surface area (Å²) in [5.41, 5.74) is 3.28. The minimum Gasteiger partial charge on any atom is -0.436 e. The van der Waals surface area contributed by atoms with Crippen molar-refractivity contribution in [2.24, 2.45) is 5.92 Å². The van der Waals surface area contributed by atoms with E-state index in [1.165, 1.54) is 0 Å². The molecule has 1 aliphatic rings. The summed E-state index contributed by atoms with van der Waals surface area (Å²) in [7, 11) is 1.81. The largest absolute Gasteiger partial charge is 0.436 e. The highest BCUT2D eigenvalue weighted by Crippen LogP contribution is 2.30. The van der Waals surface area contributed by atoms with Gasteiger partial charge in [0.1, 0.15) is 5.52 Å². The summed E-state index contributed by atoms with van der Waals surface area (Å²) in [4.78, 5) is 31.0. The van der Waals surface area contributed by atoms with Crippen LogP contribution in [0.4, 0.5) is 5.69 Å². The standard InChI is InChI=1S/C24H27N3O3/c1-3-6-22(28)25-18-12-9-17(15-18)24(29)27(2)19-13-10-16(11-14-19)23-26-20-7-4-5-8-21(20)30-23/h4-5,7-8,10-11,13-14,17-18H,3,6,9,12,15H2,1-2H3,(H,25,28). The molecule has 2 aromatic carbocycles. The van der Waals surface area contributed by atoms with Crippen LogP contribution in [0.5, 0.6) is 0 Å². The Balaban J connectivity index is 1.40. The van der Waals surface area contributed by atoms with Crippen molar-refractivity contribution in [1.82, 2.24) is 10.3 Å². The zero-order valence-electron chi connectivity index (χ0n) is 17.4. The van der Waals surface area contributed by atoms with Crippen LogP contribution < -0.4 is 10.2 Å². The van der Waals surface area contributed by atoms with Gasteiger partial charge in [0.2, 0.25) is 17.7 Å². The first-order valence-electron chi connectivity index (χ1n) is 10.6. The molecule has 2 unspecified atom stereocenters. The normalized spacial score (nSPS) is 18.5. The number of oxazole rings is 1. The second-order valence-electron chi connectivity index (χ2n) is 7.96. The summed E-state index contributed by atoms with van der Waals surface area (Å²) in [6.45, 7) is 1.99. The van der Waals surface area contributed by atoms with Crippen LogP contribution >= 0.6 is 0 Å². The number of nitrogens with one attached hydrogen (secondary N) is 1. The smallest absolute Gasteiger partial charge is 0.229 e. The first-order chi connectivity index (χ1) is 14.5. The van der Waals surface area contributed by atoms with Crippen LogP contribution in [0.3, 0.4) is 0 Å². The van der Waals surface area contributed by atoms with Crippen molar-refractivity contribution >= 4 is 28.6 Å². The van der Waals surface area contributed by atoms with Crippen molar-refractivity contribution in [1.29, 1.82) is 0 Å². The van der Waals surface area contributed by atoms with E-state index in [1.54, 1.807) is 11.9 Å². The molecule has 0 aliphatic heterocycles. The highest BCUT2D eigenvalue weighted by atomic mass is 16.3. The van der Waals surface area contributed by atoms with Gasteiger partial charge in [-0.2, -0.15) is 0 Å². The lowest BCUT2D eigenvalue weighted by molar-refractivity contribution is -0.123. The van der Waals surface area contributed by atoms with Crippen molar-refractivity contribution in [3.8, 4) is 11.5 Å². The molecule has 1 saturated carbocycles. The monoisotopic (exact) mass is 405 g/mol. The van der Waals surface area contributed by atoms with Crippen LogP contribution in [0.25, 0.3) is 22.6 Å². The molecular formula is C24H27N3O3. The zero-order valence-corrected chi connectivity index (χ0v) is 17.4. The summed E-state index contributed by atoms with van der Waals surface area (Å²) in [6, 6.07) is 15.4. The van der Waals surface area contributed by atoms with Gasteiger partial charge in [-0.1, -0.05) is 19.1 Å². The maximum absolute atomic E-state index is 13.0. The van der Waals surface area contributed by atoms with E-state index < -0.39 is 0 Å². The van der Waals surface area contributed by atoms with E-state index in [0.29, 0.717) is 18.7 Å². The molecule has 2 atom stereocenters. The summed E-state index contributed by atoms with van der Waals surface area (Å²) >= 11 is 0. The van der Waals surface area contributed by atoms with Gasteiger partial charge in [-0.15, -0.1) is 0 Å². The number of carbonyl (C=O) groups is 2. The average Bonchev–Trinajstić information content (AvgIpc) is 3.40. The Hall–Kier alpha value is -3.15. The highest BCUT2D eigenvalue weighted by molar-refractivity contribution is 5.95. The number of nitrogens with zero attached hydrogens (tertiary/aromatic N) is 2. The third-order valence-corrected chi connectivity index (χ3v) is 5.75. The molecule has 0 saturated heterocycles. The molecule has 0 radical (unpaired) electrons. The van der Waals surface area contributed by atoms with E-state index in [0.717, 1.165) is 41.6 Å². The van der Waals surface area contributed by atoms with E-state index in [-0.39, 0.29) is 23.8 Å². The number of fused-ring (bicyclic) bond motifs is 1. The summed E-state index contributed by atoms with van der Waals surface area (Å²) in [6.07, 6.45) is 3.75. The van der Waals surface area contributed by atoms with Gasteiger partial charge in [-0.25, -0.2) is 4.98 Å². The molecule has 1 fully saturated rings. The SMILES string of the molecule is CCCC(=O)NC1CCC(C(=O)N(C)c2ccc(-c3nc4ccccc4o3)cc2)C1. The van der Waals surface area contributed by atoms with Gasteiger partial charge >= 0.3 is 0 Å². The number of benzene rings is 2. The quantitative estimate of drug-likeness (QED) is 0.653. The molecule has 2 amide bonds. The van der Waals surface area contributed by atoms with E-state index in [4.69, 9.17) is 4.42 Å². The Morgan fingerprint density at radius 3 is 2.63 bits per heavy atom. The van der Waals surface area contributed by atoms with E-state index in [2.05, 4.69) is 10.3 Å². The minimum absolute atomic E-state index is 0.0568. The number of carbonyl (C=O) groups excluding carboxylic acids is 2. The van der Waals surface area contributed by atoms with Gasteiger partial charge in [0, 0.05) is 36.7 Å². The molecule has 30 heavy (non-hydrogen) atoms. The van der Waals surface area contributed by atoms with E-state index >= 15 is 0 Å². The van der Waals surface area contributed by atoms with E-state index in [9.17, 15) is 9.59 Å². The molecule has 1 N–H and O–H groups in total. The van der Waals surface area contributed by atoms with Crippen molar-refractivity contribution in [3.63, 3.8) is 0 Å². The number of para-hydroxylation sites is 2. The lowest BCUT2D eigenvalue weighted by Gasteiger charge is -2.21. The van der Waals surface area contributed by atoms with Gasteiger partial charge in [0.05, 0.1) is 0 Å². The molecule has 0 bridgehead atoms. The topological polar surface area (TPSA) is 75.4 Å². The molecule has 1 aliphatic carbocycles. The molecule has 3 aromatic rings. The fourth-order valence-corrected chi connectivity index (χ4v) is 4.09. The number of aromatic nitrogens is 1. The number of hydrogen-bond donors (Lipinski definition) is 1. The Morgan fingerprint density at radius 2 is 1.90 bits per heavy atom. The van der Waals surface area contributed by atoms with Crippen LogP contribution in [0.1, 0.15) is 39.0 Å². The fourth-order valence-electron chi connectivity index (χ4n) is 4.09. The third kappa shape index (κ3) is 4.22. The predicted octanol–water partition coefficient (Wildman–Crippen LogP) is 4.54. The number of anilines is 1. The van der Waals surface area contributed by atoms with Gasteiger partial charge < -0.3 is 14.6 Å². The highest BCUT2D eigenvalue weighted by Gasteiger charge is 2.32. The lowest BCUT2D eigenvalue weighted by Crippen LogP contribution is -2.35. The molecule has 1 aromatic heterocycles. The Labute approximate surface area is 176 Å². The zero-order chi connectivity index (χ0) is 21.1. The first kappa shape index (κ1) is 20.1. The molecule has 4 rings (SSSR count). The van der Waals surface area contributed by atoms with Crippen LogP contribution in [-0.4, -0.2) is 29.9 Å². The van der Waals surface area contributed by atoms with Gasteiger partial charge in [0.15, 0.2) is 5.58 Å². The second kappa shape index (κ2) is 8.69. The molecule has 0 spiro atoms. The predicted molar refractivity (Wildman–Crippen MR) is 117 cm³/mol. The number of amides is 2. The molecule has 1 heterocycles. The fraction of sp³-hybridized carbons (Fsp3) is 0.375. The van der Waals surface area contributed by atoms with Gasteiger partial charge in [-0.3, -0.25) is 9.59 Å². The summed E-state index contributed by atoms with van der Waals surface area (Å²) in [5.74, 6) is 0.687. The first-order valence-corrected chi connectivity index (χ1v) is 10.6. The van der Waals surface area contributed by atoms with Crippen LogP contribution in [0.2, 0.25) is 0 Å². The van der Waals surface area contributed by atoms with Crippen LogP contribution in [-0.2, 0) is 9.59 Å². The maximum atomic E-state index is 13.0. The van der Waals surface area contributed by atoms with Crippen molar-refractivity contribution < 1.29 is 14.0 Å². The summed E-state index contributed by atoms with van der Waals surface area (Å²) < 4.78 is 5.82. The Bertz CT molecular complexity index is 1010. The van der Waals surface area contributed by atoms with Crippen molar-refractivity contribution in [2.75, 3.05) is 11.9 Å². The van der Waals surface area contributed by atoms with Crippen molar-refractivity contribution in [3.05, 3.63) is 48.5 Å². The van der Waals surface area contributed by atoms with E-state index in [1.807, 2.05) is 55.5 Å². The Kier molecular flexibility index (Phi) is 5.84. The van der Waals surface area contributed by atoms with Crippen molar-refractivity contribution in [2.45, 2.75) is 45.1 Å². The van der Waals surface area contributed by atoms with Gasteiger partial charge in [-0.05, 0) is 62.1 Å². The minimum atomic E-state index is -0.0568. The number of hydrogen-bond acceptors (Lipinski definition) is 4. The molecule has 156 valence electrons. The summed E-state index contributed by atoms with van der Waals surface area (Å²) in [5, 5.41) is 3.05. The number of rotatable bonds is 6. The maximum Gasteiger partial charge on any atom is 0.229 e. The van der Waals surface area contributed by atoms with Crippen LogP contribution in [0.15, 0.2) is 52.9 Å². The molecular weight excluding hydrogens is 378 g/mol. The lowest BCUT2D eigenvalue weighted by atomic mass is 10.1. The third-order valence-electron chi connectivity index (χ3n) is 5.75. The average molecular weight is 405 g/mol.